The molecular weight excluding hydrogens is 376 g/mol. The Morgan fingerprint density at radius 2 is 1.90 bits per heavy atom. The number of fused-ring (bicyclic) bond motifs is 1. The molecule has 1 saturated heterocycles. The van der Waals surface area contributed by atoms with Crippen molar-refractivity contribution in [3.8, 4) is 11.3 Å². The molecule has 2 aromatic heterocycles. The molecule has 4 aromatic rings. The smallest absolute Gasteiger partial charge is 0.167 e. The van der Waals surface area contributed by atoms with Crippen molar-refractivity contribution in [2.45, 2.75) is 25.0 Å². The Bertz CT molecular complexity index is 1170. The van der Waals surface area contributed by atoms with Crippen molar-refractivity contribution in [2.75, 3.05) is 18.0 Å². The van der Waals surface area contributed by atoms with Crippen LogP contribution in [0.3, 0.4) is 0 Å². The number of para-hydroxylation sites is 1. The summed E-state index contributed by atoms with van der Waals surface area (Å²) in [6.07, 6.45) is 1.11. The molecule has 0 amide bonds. The van der Waals surface area contributed by atoms with E-state index in [2.05, 4.69) is 10.1 Å². The lowest BCUT2D eigenvalue weighted by molar-refractivity contribution is 0.198. The first kappa shape index (κ1) is 18.8. The Kier molecular flexibility index (Phi) is 4.94. The van der Waals surface area contributed by atoms with Crippen LogP contribution in [0.1, 0.15) is 23.7 Å². The van der Waals surface area contributed by atoms with Gasteiger partial charge in [0.25, 0.3) is 0 Å². The number of hydrogen-bond donors (Lipinski definition) is 2. The minimum absolute atomic E-state index is 0.233. The molecule has 2 aromatic carbocycles. The molecule has 1 unspecified atom stereocenters. The second-order valence-corrected chi connectivity index (χ2v) is 7.80. The van der Waals surface area contributed by atoms with Crippen LogP contribution in [-0.4, -0.2) is 34.4 Å². The first-order chi connectivity index (χ1) is 14.7. The zero-order valence-electron chi connectivity index (χ0n) is 16.6. The van der Waals surface area contributed by atoms with Gasteiger partial charge in [0.1, 0.15) is 11.5 Å². The quantitative estimate of drug-likeness (QED) is 0.531. The molecule has 1 aliphatic heterocycles. The number of pyridine rings is 1. The average Bonchev–Trinajstić information content (AvgIpc) is 3.40. The molecular formula is C24H24N4O2. The normalized spacial score (nSPS) is 17.5. The predicted molar refractivity (Wildman–Crippen MR) is 117 cm³/mol. The fraction of sp³-hybridized carbons (Fsp3) is 0.250. The van der Waals surface area contributed by atoms with Crippen molar-refractivity contribution in [3.05, 3.63) is 78.0 Å². The molecule has 0 radical (unpaired) electrons. The summed E-state index contributed by atoms with van der Waals surface area (Å²) >= 11 is 0. The van der Waals surface area contributed by atoms with Gasteiger partial charge in [0.15, 0.2) is 5.58 Å². The Balaban J connectivity index is 1.43. The standard InChI is InChI=1S/C24H24N4O2/c25-21(14-16-6-5-11-23(26-16)28-13-12-17(29)15-28)18-7-1-2-8-19(18)24-20-9-3-4-10-22(20)30-27-24/h1-11,17,21,29H,12-15,25H2/t17-,21?/m0/s1. The van der Waals surface area contributed by atoms with E-state index in [4.69, 9.17) is 15.2 Å². The molecule has 3 N–H and O–H groups in total. The van der Waals surface area contributed by atoms with Gasteiger partial charge < -0.3 is 20.3 Å². The Morgan fingerprint density at radius 1 is 1.07 bits per heavy atom. The highest BCUT2D eigenvalue weighted by Crippen LogP contribution is 2.33. The highest BCUT2D eigenvalue weighted by atomic mass is 16.5. The van der Waals surface area contributed by atoms with Crippen LogP contribution in [0.25, 0.3) is 22.2 Å². The summed E-state index contributed by atoms with van der Waals surface area (Å²) in [6, 6.07) is 21.7. The van der Waals surface area contributed by atoms with Crippen LogP contribution in [0, 0.1) is 0 Å². The SMILES string of the molecule is NC(Cc1cccc(N2CC[C@H](O)C2)n1)c1ccccc1-c1noc2ccccc12. The van der Waals surface area contributed by atoms with E-state index >= 15 is 0 Å². The number of hydrogen-bond acceptors (Lipinski definition) is 6. The molecule has 1 fully saturated rings. The number of aromatic nitrogens is 2. The Hall–Kier alpha value is -3.22. The first-order valence-electron chi connectivity index (χ1n) is 10.3. The number of benzene rings is 2. The highest BCUT2D eigenvalue weighted by molar-refractivity contribution is 5.92. The van der Waals surface area contributed by atoms with E-state index in [1.54, 1.807) is 0 Å². The van der Waals surface area contributed by atoms with Crippen LogP contribution in [0.15, 0.2) is 71.3 Å². The van der Waals surface area contributed by atoms with Gasteiger partial charge in [-0.05, 0) is 36.2 Å². The summed E-state index contributed by atoms with van der Waals surface area (Å²) in [4.78, 5) is 6.92. The van der Waals surface area contributed by atoms with Crippen LogP contribution < -0.4 is 10.6 Å². The van der Waals surface area contributed by atoms with E-state index in [0.29, 0.717) is 13.0 Å². The average molecular weight is 400 g/mol. The third-order valence-electron chi connectivity index (χ3n) is 5.70. The van der Waals surface area contributed by atoms with Gasteiger partial charge >= 0.3 is 0 Å². The lowest BCUT2D eigenvalue weighted by atomic mass is 9.94. The molecule has 3 heterocycles. The van der Waals surface area contributed by atoms with Gasteiger partial charge in [-0.25, -0.2) is 4.98 Å². The second-order valence-electron chi connectivity index (χ2n) is 7.80. The Morgan fingerprint density at radius 3 is 2.77 bits per heavy atom. The minimum Gasteiger partial charge on any atom is -0.391 e. The van der Waals surface area contributed by atoms with Gasteiger partial charge in [-0.15, -0.1) is 0 Å². The van der Waals surface area contributed by atoms with E-state index < -0.39 is 0 Å². The molecule has 30 heavy (non-hydrogen) atoms. The third-order valence-corrected chi connectivity index (χ3v) is 5.70. The van der Waals surface area contributed by atoms with Gasteiger partial charge in [-0.2, -0.15) is 0 Å². The van der Waals surface area contributed by atoms with Crippen molar-refractivity contribution in [1.29, 1.82) is 0 Å². The number of aliphatic hydroxyl groups excluding tert-OH is 1. The lowest BCUT2D eigenvalue weighted by Crippen LogP contribution is -2.23. The molecule has 152 valence electrons. The zero-order valence-corrected chi connectivity index (χ0v) is 16.6. The largest absolute Gasteiger partial charge is 0.391 e. The van der Waals surface area contributed by atoms with Gasteiger partial charge in [0.2, 0.25) is 0 Å². The number of rotatable bonds is 5. The third kappa shape index (κ3) is 3.56. The van der Waals surface area contributed by atoms with Crippen molar-refractivity contribution < 1.29 is 9.63 Å². The molecule has 1 aliphatic rings. The maximum absolute atomic E-state index is 9.82. The van der Waals surface area contributed by atoms with Crippen LogP contribution in [0.2, 0.25) is 0 Å². The van der Waals surface area contributed by atoms with Crippen LogP contribution >= 0.6 is 0 Å². The molecule has 0 bridgehead atoms. The summed E-state index contributed by atoms with van der Waals surface area (Å²) < 4.78 is 5.51. The first-order valence-corrected chi connectivity index (χ1v) is 10.3. The minimum atomic E-state index is -0.276. The van der Waals surface area contributed by atoms with Gasteiger partial charge in [-0.3, -0.25) is 0 Å². The molecule has 5 rings (SSSR count). The number of nitrogens with zero attached hydrogens (tertiary/aromatic N) is 3. The topological polar surface area (TPSA) is 88.4 Å². The summed E-state index contributed by atoms with van der Waals surface area (Å²) in [5, 5.41) is 15.1. The molecule has 2 atom stereocenters. The fourth-order valence-electron chi connectivity index (χ4n) is 4.16. The van der Waals surface area contributed by atoms with E-state index in [0.717, 1.165) is 52.3 Å². The zero-order chi connectivity index (χ0) is 20.5. The molecule has 6 heteroatoms. The van der Waals surface area contributed by atoms with Crippen molar-refractivity contribution >= 4 is 16.8 Å². The van der Waals surface area contributed by atoms with Crippen LogP contribution in [0.4, 0.5) is 5.82 Å². The van der Waals surface area contributed by atoms with Crippen molar-refractivity contribution in [1.82, 2.24) is 10.1 Å². The van der Waals surface area contributed by atoms with E-state index in [-0.39, 0.29) is 12.1 Å². The summed E-state index contributed by atoms with van der Waals surface area (Å²) in [6.45, 7) is 1.45. The summed E-state index contributed by atoms with van der Waals surface area (Å²) in [5.74, 6) is 0.895. The number of nitrogens with two attached hydrogens (primary N) is 1. The number of anilines is 1. The van der Waals surface area contributed by atoms with Gasteiger partial charge in [0.05, 0.1) is 6.10 Å². The highest BCUT2D eigenvalue weighted by Gasteiger charge is 2.22. The van der Waals surface area contributed by atoms with Crippen molar-refractivity contribution in [3.63, 3.8) is 0 Å². The maximum atomic E-state index is 9.82. The maximum Gasteiger partial charge on any atom is 0.167 e. The Labute approximate surface area is 174 Å². The fourth-order valence-corrected chi connectivity index (χ4v) is 4.16. The predicted octanol–water partition coefficient (Wildman–Crippen LogP) is 3.70. The van der Waals surface area contributed by atoms with Crippen molar-refractivity contribution in [2.24, 2.45) is 5.73 Å². The monoisotopic (exact) mass is 400 g/mol. The summed E-state index contributed by atoms with van der Waals surface area (Å²) in [5.41, 5.74) is 11.1. The summed E-state index contributed by atoms with van der Waals surface area (Å²) in [7, 11) is 0. The van der Waals surface area contributed by atoms with Crippen LogP contribution in [-0.2, 0) is 6.42 Å². The number of β-amino-alcohol motifs (C(OH)–C–C–N with tert-alkyl or cyclic N) is 1. The molecule has 0 spiro atoms. The van der Waals surface area contributed by atoms with E-state index in [9.17, 15) is 5.11 Å². The molecule has 0 aliphatic carbocycles. The van der Waals surface area contributed by atoms with E-state index in [1.807, 2.05) is 66.7 Å². The molecule has 0 saturated carbocycles. The molecule has 6 nitrogen and oxygen atoms in total. The lowest BCUT2D eigenvalue weighted by Gasteiger charge is -2.19. The number of aliphatic hydroxyl groups is 1. The van der Waals surface area contributed by atoms with E-state index in [1.165, 1.54) is 0 Å². The van der Waals surface area contributed by atoms with Crippen LogP contribution in [0.5, 0.6) is 0 Å². The van der Waals surface area contributed by atoms with Gasteiger partial charge in [-0.1, -0.05) is 47.6 Å². The second kappa shape index (κ2) is 7.89. The van der Waals surface area contributed by atoms with Gasteiger partial charge in [0, 0.05) is 42.2 Å².